The van der Waals surface area contributed by atoms with Crippen LogP contribution in [-0.4, -0.2) is 20.6 Å². The number of carboxylic acid groups (broad SMARTS) is 1. The highest BCUT2D eigenvalue weighted by Gasteiger charge is 2.14. The lowest BCUT2D eigenvalue weighted by atomic mass is 10.2. The van der Waals surface area contributed by atoms with Crippen molar-refractivity contribution in [1.82, 2.24) is 9.55 Å². The molecular formula is C13H13ClN2O2. The maximum Gasteiger partial charge on any atom is 0.335 e. The van der Waals surface area contributed by atoms with E-state index in [4.69, 9.17) is 16.7 Å². The molecule has 0 saturated carbocycles. The van der Waals surface area contributed by atoms with Crippen molar-refractivity contribution in [3.8, 4) is 5.69 Å². The van der Waals surface area contributed by atoms with Crippen LogP contribution in [0.5, 0.6) is 0 Å². The number of aromatic carboxylic acids is 1. The monoisotopic (exact) mass is 264 g/mol. The van der Waals surface area contributed by atoms with Crippen LogP contribution in [-0.2, 0) is 0 Å². The largest absolute Gasteiger partial charge is 0.478 e. The van der Waals surface area contributed by atoms with E-state index in [1.54, 1.807) is 12.1 Å². The molecule has 0 amide bonds. The van der Waals surface area contributed by atoms with Crippen molar-refractivity contribution >= 4 is 17.6 Å². The van der Waals surface area contributed by atoms with E-state index in [0.29, 0.717) is 10.7 Å². The number of halogens is 1. The number of carbonyl (C=O) groups is 1. The first kappa shape index (κ1) is 12.6. The smallest absolute Gasteiger partial charge is 0.335 e. The molecule has 1 N–H and O–H groups in total. The normalized spacial score (nSPS) is 10.7. The van der Waals surface area contributed by atoms with E-state index in [1.807, 2.05) is 25.3 Å². The topological polar surface area (TPSA) is 55.1 Å². The molecule has 1 heterocycles. The van der Waals surface area contributed by atoms with Gasteiger partial charge in [-0.05, 0) is 39.0 Å². The van der Waals surface area contributed by atoms with E-state index in [1.165, 1.54) is 6.07 Å². The third-order valence-corrected chi connectivity index (χ3v) is 3.27. The molecule has 5 heteroatoms. The molecule has 0 aliphatic heterocycles. The summed E-state index contributed by atoms with van der Waals surface area (Å²) in [6, 6.07) is 4.64. The third kappa shape index (κ3) is 1.99. The van der Waals surface area contributed by atoms with Crippen LogP contribution in [0.25, 0.3) is 5.69 Å². The van der Waals surface area contributed by atoms with Crippen molar-refractivity contribution in [3.05, 3.63) is 46.0 Å². The molecule has 0 atom stereocenters. The van der Waals surface area contributed by atoms with Gasteiger partial charge in [-0.2, -0.15) is 0 Å². The average molecular weight is 265 g/mol. The van der Waals surface area contributed by atoms with Gasteiger partial charge >= 0.3 is 5.97 Å². The van der Waals surface area contributed by atoms with Crippen LogP contribution in [0.1, 0.15) is 27.6 Å². The molecule has 1 aromatic heterocycles. The van der Waals surface area contributed by atoms with Crippen LogP contribution >= 0.6 is 11.6 Å². The van der Waals surface area contributed by atoms with Crippen LogP contribution in [0.4, 0.5) is 0 Å². The number of carboxylic acids is 1. The van der Waals surface area contributed by atoms with Gasteiger partial charge in [-0.25, -0.2) is 9.78 Å². The van der Waals surface area contributed by atoms with E-state index in [0.717, 1.165) is 17.2 Å². The lowest BCUT2D eigenvalue weighted by molar-refractivity contribution is 0.0697. The summed E-state index contributed by atoms with van der Waals surface area (Å²) in [5.74, 6) is -0.186. The van der Waals surface area contributed by atoms with E-state index >= 15 is 0 Å². The Bertz CT molecular complexity index is 632. The minimum absolute atomic E-state index is 0.208. The quantitative estimate of drug-likeness (QED) is 0.907. The summed E-state index contributed by atoms with van der Waals surface area (Å²) in [4.78, 5) is 15.4. The van der Waals surface area contributed by atoms with Gasteiger partial charge in [0.25, 0.3) is 0 Å². The second kappa shape index (κ2) is 4.46. The molecule has 0 radical (unpaired) electrons. The van der Waals surface area contributed by atoms with Crippen molar-refractivity contribution in [2.24, 2.45) is 0 Å². The number of nitrogens with zero attached hydrogens (tertiary/aromatic N) is 2. The molecule has 2 aromatic rings. The summed E-state index contributed by atoms with van der Waals surface area (Å²) < 4.78 is 1.87. The Morgan fingerprint density at radius 2 is 2.00 bits per heavy atom. The van der Waals surface area contributed by atoms with Gasteiger partial charge in [0.15, 0.2) is 0 Å². The molecule has 0 aliphatic rings. The zero-order valence-electron chi connectivity index (χ0n) is 10.4. The fourth-order valence-corrected chi connectivity index (χ4v) is 2.15. The molecule has 0 fully saturated rings. The first-order chi connectivity index (χ1) is 8.41. The average Bonchev–Trinajstić information content (AvgIpc) is 2.54. The highest BCUT2D eigenvalue weighted by Crippen LogP contribution is 2.25. The third-order valence-electron chi connectivity index (χ3n) is 2.95. The summed E-state index contributed by atoms with van der Waals surface area (Å²) in [6.45, 7) is 5.71. The van der Waals surface area contributed by atoms with Crippen LogP contribution < -0.4 is 0 Å². The molecule has 0 spiro atoms. The molecular weight excluding hydrogens is 252 g/mol. The Balaban J connectivity index is 2.70. The molecule has 0 saturated heterocycles. The Hall–Kier alpha value is -1.81. The fraction of sp³-hybridized carbons (Fsp3) is 0.231. The maximum atomic E-state index is 11.0. The predicted molar refractivity (Wildman–Crippen MR) is 69.7 cm³/mol. The highest BCUT2D eigenvalue weighted by atomic mass is 35.5. The van der Waals surface area contributed by atoms with Crippen LogP contribution in [0.2, 0.25) is 5.02 Å². The first-order valence-corrected chi connectivity index (χ1v) is 5.85. The Morgan fingerprint density at radius 3 is 2.50 bits per heavy atom. The van der Waals surface area contributed by atoms with Crippen molar-refractivity contribution in [2.45, 2.75) is 20.8 Å². The van der Waals surface area contributed by atoms with Crippen molar-refractivity contribution in [2.75, 3.05) is 0 Å². The molecule has 2 rings (SSSR count). The molecule has 0 unspecified atom stereocenters. The highest BCUT2D eigenvalue weighted by molar-refractivity contribution is 6.32. The predicted octanol–water partition coefficient (Wildman–Crippen LogP) is 3.15. The van der Waals surface area contributed by atoms with Gasteiger partial charge in [0.05, 0.1) is 22.0 Å². The van der Waals surface area contributed by atoms with Crippen LogP contribution in [0, 0.1) is 20.8 Å². The molecule has 18 heavy (non-hydrogen) atoms. The van der Waals surface area contributed by atoms with Crippen molar-refractivity contribution < 1.29 is 9.90 Å². The second-order valence-electron chi connectivity index (χ2n) is 4.14. The summed E-state index contributed by atoms with van der Waals surface area (Å²) in [5.41, 5.74) is 2.72. The fourth-order valence-electron chi connectivity index (χ4n) is 1.95. The molecule has 1 aromatic carbocycles. The van der Waals surface area contributed by atoms with Gasteiger partial charge in [0.1, 0.15) is 5.82 Å². The number of aromatic nitrogens is 2. The van der Waals surface area contributed by atoms with Crippen LogP contribution in [0.15, 0.2) is 18.2 Å². The van der Waals surface area contributed by atoms with Gasteiger partial charge in [-0.3, -0.25) is 4.57 Å². The van der Waals surface area contributed by atoms with Crippen molar-refractivity contribution in [1.29, 1.82) is 0 Å². The SMILES string of the molecule is Cc1nc(C)n(-c2cc(C(=O)O)ccc2Cl)c1C. The molecule has 94 valence electrons. The summed E-state index contributed by atoms with van der Waals surface area (Å²) in [6.07, 6.45) is 0. The lowest BCUT2D eigenvalue weighted by Crippen LogP contribution is -2.04. The number of benzene rings is 1. The lowest BCUT2D eigenvalue weighted by Gasteiger charge is -2.11. The zero-order chi connectivity index (χ0) is 13.4. The maximum absolute atomic E-state index is 11.0. The minimum Gasteiger partial charge on any atom is -0.478 e. The molecule has 4 nitrogen and oxygen atoms in total. The standard InChI is InChI=1S/C13H13ClN2O2/c1-7-8(2)16(9(3)15-7)12-6-10(13(17)18)4-5-11(12)14/h4-6H,1-3H3,(H,17,18). The van der Waals surface area contributed by atoms with E-state index in [2.05, 4.69) is 4.98 Å². The molecule has 0 bridgehead atoms. The van der Waals surface area contributed by atoms with Gasteiger partial charge in [-0.1, -0.05) is 11.6 Å². The van der Waals surface area contributed by atoms with Gasteiger partial charge in [0, 0.05) is 5.69 Å². The summed E-state index contributed by atoms with van der Waals surface area (Å²) >= 11 is 6.15. The number of aryl methyl sites for hydroxylation is 2. The van der Waals surface area contributed by atoms with Crippen LogP contribution in [0.3, 0.4) is 0 Å². The van der Waals surface area contributed by atoms with E-state index < -0.39 is 5.97 Å². The van der Waals surface area contributed by atoms with E-state index in [9.17, 15) is 4.79 Å². The summed E-state index contributed by atoms with van der Waals surface area (Å²) in [7, 11) is 0. The molecule has 0 aliphatic carbocycles. The Labute approximate surface area is 110 Å². The van der Waals surface area contributed by atoms with Gasteiger partial charge in [0.2, 0.25) is 0 Å². The first-order valence-electron chi connectivity index (χ1n) is 5.47. The number of imidazole rings is 1. The van der Waals surface area contributed by atoms with Gasteiger partial charge in [-0.15, -0.1) is 0 Å². The minimum atomic E-state index is -0.972. The summed E-state index contributed by atoms with van der Waals surface area (Å²) in [5, 5.41) is 9.53. The Kier molecular flexibility index (Phi) is 3.13. The Morgan fingerprint density at radius 1 is 1.33 bits per heavy atom. The number of hydrogen-bond acceptors (Lipinski definition) is 2. The van der Waals surface area contributed by atoms with Crippen molar-refractivity contribution in [3.63, 3.8) is 0 Å². The number of rotatable bonds is 2. The van der Waals surface area contributed by atoms with Gasteiger partial charge < -0.3 is 5.11 Å². The second-order valence-corrected chi connectivity index (χ2v) is 4.54. The number of hydrogen-bond donors (Lipinski definition) is 1. The zero-order valence-corrected chi connectivity index (χ0v) is 11.1. The van der Waals surface area contributed by atoms with E-state index in [-0.39, 0.29) is 5.56 Å².